The van der Waals surface area contributed by atoms with Crippen LogP contribution in [-0.4, -0.2) is 26.2 Å². The molecule has 5 rings (SSSR count). The number of H-pyrrole nitrogens is 1. The summed E-state index contributed by atoms with van der Waals surface area (Å²) in [5, 5.41) is 1.16. The molecule has 3 N–H and O–H groups in total. The molecule has 0 radical (unpaired) electrons. The third-order valence-corrected chi connectivity index (χ3v) is 7.72. The van der Waals surface area contributed by atoms with Gasteiger partial charge in [-0.25, -0.2) is 0 Å². The topological polar surface area (TPSA) is 81.4 Å². The van der Waals surface area contributed by atoms with E-state index < -0.39 is 10.8 Å². The molecule has 0 saturated heterocycles. The molecule has 4 nitrogen and oxygen atoms in total. The molecule has 5 heteroatoms. The summed E-state index contributed by atoms with van der Waals surface area (Å²) in [5.74, 6) is 0.920. The minimum Gasteiger partial charge on any atom is -0.412 e. The maximum absolute atomic E-state index is 13.3. The van der Waals surface area contributed by atoms with Crippen LogP contribution in [0.4, 0.5) is 0 Å². The van der Waals surface area contributed by atoms with Crippen LogP contribution in [0.1, 0.15) is 32.3 Å². The van der Waals surface area contributed by atoms with Crippen LogP contribution in [-0.2, 0) is 27.4 Å². The van der Waals surface area contributed by atoms with Crippen LogP contribution in [0.3, 0.4) is 0 Å². The van der Waals surface area contributed by atoms with Gasteiger partial charge in [0.25, 0.3) is 0 Å². The molecule has 1 atom stereocenters. The standard InChI is InChI=1S/C27H25NO2S.H2O.H2/c1-2-31(30)24-9-6-20(7-10-24)21-5-3-4-19(16-21)17-26(29)27(13-14-27)23-8-11-25-22(18-23)12-15-28-25;;/h3-12,15-16,18,28H,2,13-14,17H2,1H3;1H2;1H. The van der Waals surface area contributed by atoms with E-state index in [1.54, 1.807) is 0 Å². The number of rotatable bonds is 7. The highest BCUT2D eigenvalue weighted by atomic mass is 32.2. The van der Waals surface area contributed by atoms with Crippen molar-refractivity contribution in [2.45, 2.75) is 36.5 Å². The summed E-state index contributed by atoms with van der Waals surface area (Å²) in [6, 6.07) is 24.5. The van der Waals surface area contributed by atoms with Crippen LogP contribution in [0, 0.1) is 0 Å². The van der Waals surface area contributed by atoms with Gasteiger partial charge in [0.05, 0.1) is 16.2 Å². The molecule has 0 amide bonds. The summed E-state index contributed by atoms with van der Waals surface area (Å²) >= 11 is 0. The fourth-order valence-corrected chi connectivity index (χ4v) is 5.16. The number of hydrogen-bond donors (Lipinski definition) is 1. The van der Waals surface area contributed by atoms with E-state index in [1.807, 2.05) is 49.5 Å². The fraction of sp³-hybridized carbons (Fsp3) is 0.222. The molecule has 1 heterocycles. The smallest absolute Gasteiger partial charge is 0.147 e. The molecule has 1 aliphatic carbocycles. The van der Waals surface area contributed by atoms with Gasteiger partial charge in [-0.15, -0.1) is 0 Å². The van der Waals surface area contributed by atoms with Crippen LogP contribution in [0.5, 0.6) is 0 Å². The van der Waals surface area contributed by atoms with Gasteiger partial charge in [-0.1, -0.05) is 49.4 Å². The van der Waals surface area contributed by atoms with Crippen molar-refractivity contribution >= 4 is 27.5 Å². The molecule has 1 aromatic heterocycles. The number of ketones is 1. The zero-order valence-corrected chi connectivity index (χ0v) is 18.9. The average molecular weight is 448 g/mol. The number of carbonyl (C=O) groups excluding carboxylic acids is 1. The third-order valence-electron chi connectivity index (χ3n) is 6.39. The van der Waals surface area contributed by atoms with Gasteiger partial charge in [-0.2, -0.15) is 0 Å². The van der Waals surface area contributed by atoms with Crippen molar-refractivity contribution in [1.82, 2.24) is 4.98 Å². The number of benzene rings is 3. The van der Waals surface area contributed by atoms with E-state index in [2.05, 4.69) is 41.4 Å². The van der Waals surface area contributed by atoms with Crippen molar-refractivity contribution in [3.8, 4) is 11.1 Å². The first kappa shape index (κ1) is 22.2. The molecule has 1 unspecified atom stereocenters. The number of hydrogen-bond acceptors (Lipinski definition) is 2. The lowest BCUT2D eigenvalue weighted by Gasteiger charge is -2.15. The normalized spacial score (nSPS) is 15.2. The maximum atomic E-state index is 13.3. The molecule has 1 saturated carbocycles. The lowest BCUT2D eigenvalue weighted by atomic mass is 9.87. The number of Topliss-reactive ketones (excluding diaryl/α,β-unsaturated/α-hetero) is 1. The quantitative estimate of drug-likeness (QED) is 0.421. The van der Waals surface area contributed by atoms with E-state index >= 15 is 0 Å². The number of aromatic nitrogens is 1. The number of aromatic amines is 1. The Morgan fingerprint density at radius 3 is 2.50 bits per heavy atom. The van der Waals surface area contributed by atoms with Crippen LogP contribution in [0.25, 0.3) is 22.0 Å². The predicted octanol–water partition coefficient (Wildman–Crippen LogP) is 5.23. The Morgan fingerprint density at radius 1 is 1.00 bits per heavy atom. The molecular formula is C27H29NO3S. The van der Waals surface area contributed by atoms with Crippen molar-refractivity contribution in [2.75, 3.05) is 5.75 Å². The summed E-state index contributed by atoms with van der Waals surface area (Å²) in [6.07, 6.45) is 4.24. The van der Waals surface area contributed by atoms with Gasteiger partial charge in [-0.3, -0.25) is 9.00 Å². The van der Waals surface area contributed by atoms with Crippen molar-refractivity contribution in [3.05, 3.63) is 90.1 Å². The first-order chi connectivity index (χ1) is 15.1. The van der Waals surface area contributed by atoms with E-state index in [1.165, 1.54) is 0 Å². The highest BCUT2D eigenvalue weighted by molar-refractivity contribution is 7.85. The largest absolute Gasteiger partial charge is 0.412 e. The van der Waals surface area contributed by atoms with E-state index in [-0.39, 0.29) is 12.3 Å². The molecule has 4 aromatic rings. The molecule has 0 bridgehead atoms. The summed E-state index contributed by atoms with van der Waals surface area (Å²) in [6.45, 7) is 1.92. The molecule has 0 spiro atoms. The lowest BCUT2D eigenvalue weighted by Crippen LogP contribution is -2.22. The zero-order chi connectivity index (χ0) is 21.4. The first-order valence-corrected chi connectivity index (χ1v) is 12.1. The molecule has 32 heavy (non-hydrogen) atoms. The SMILES string of the molecule is CCS(=O)c1ccc(-c2cccc(CC(=O)C3(c4ccc5[nH]ccc5c4)CC3)c2)cc1.O.[HH]. The highest BCUT2D eigenvalue weighted by Gasteiger charge is 2.50. The average Bonchev–Trinajstić information content (AvgIpc) is 3.49. The second-order valence-electron chi connectivity index (χ2n) is 8.32. The van der Waals surface area contributed by atoms with Gasteiger partial charge in [0.2, 0.25) is 0 Å². The third kappa shape index (κ3) is 4.06. The lowest BCUT2D eigenvalue weighted by molar-refractivity contribution is -0.120. The Labute approximate surface area is 191 Å². The van der Waals surface area contributed by atoms with Gasteiger partial charge in [0.1, 0.15) is 5.78 Å². The van der Waals surface area contributed by atoms with Gasteiger partial charge in [0.15, 0.2) is 0 Å². The minimum atomic E-state index is -0.942. The number of fused-ring (bicyclic) bond motifs is 1. The van der Waals surface area contributed by atoms with Crippen LogP contribution in [0.15, 0.2) is 83.9 Å². The summed E-state index contributed by atoms with van der Waals surface area (Å²) in [5.41, 5.74) is 5.11. The van der Waals surface area contributed by atoms with E-state index in [0.717, 1.165) is 50.9 Å². The van der Waals surface area contributed by atoms with Gasteiger partial charge in [0, 0.05) is 30.2 Å². The number of nitrogens with one attached hydrogen (secondary N) is 1. The molecular weight excluding hydrogens is 418 g/mol. The molecule has 1 aliphatic rings. The second kappa shape index (κ2) is 8.85. The van der Waals surface area contributed by atoms with Crippen molar-refractivity contribution in [3.63, 3.8) is 0 Å². The summed E-state index contributed by atoms with van der Waals surface area (Å²) < 4.78 is 12.0. The monoisotopic (exact) mass is 447 g/mol. The van der Waals surface area contributed by atoms with Crippen molar-refractivity contribution in [2.24, 2.45) is 0 Å². The van der Waals surface area contributed by atoms with Gasteiger partial charge < -0.3 is 10.5 Å². The summed E-state index contributed by atoms with van der Waals surface area (Å²) in [4.78, 5) is 17.4. The summed E-state index contributed by atoms with van der Waals surface area (Å²) in [7, 11) is -0.942. The molecule has 166 valence electrons. The van der Waals surface area contributed by atoms with E-state index in [0.29, 0.717) is 18.0 Å². The molecule has 1 fully saturated rings. The van der Waals surface area contributed by atoms with Gasteiger partial charge in [-0.05, 0) is 70.8 Å². The van der Waals surface area contributed by atoms with Gasteiger partial charge >= 0.3 is 0 Å². The van der Waals surface area contributed by atoms with Crippen molar-refractivity contribution in [1.29, 1.82) is 0 Å². The molecule has 0 aliphatic heterocycles. The minimum absolute atomic E-state index is 0. The van der Waals surface area contributed by atoms with Crippen molar-refractivity contribution < 1.29 is 15.9 Å². The fourth-order valence-electron chi connectivity index (χ4n) is 4.39. The van der Waals surface area contributed by atoms with Crippen LogP contribution in [0.2, 0.25) is 0 Å². The van der Waals surface area contributed by atoms with E-state index in [4.69, 9.17) is 0 Å². The zero-order valence-electron chi connectivity index (χ0n) is 18.1. The second-order valence-corrected chi connectivity index (χ2v) is 10.1. The van der Waals surface area contributed by atoms with Crippen LogP contribution < -0.4 is 0 Å². The Hall–Kier alpha value is -3.02. The Bertz CT molecular complexity index is 1290. The Balaban J connectivity index is 0.00000153. The molecule has 3 aromatic carbocycles. The first-order valence-electron chi connectivity index (χ1n) is 10.8. The predicted molar refractivity (Wildman–Crippen MR) is 132 cm³/mol. The highest BCUT2D eigenvalue weighted by Crippen LogP contribution is 2.50. The van der Waals surface area contributed by atoms with E-state index in [9.17, 15) is 9.00 Å². The Morgan fingerprint density at radius 2 is 1.78 bits per heavy atom. The van der Waals surface area contributed by atoms with Crippen LogP contribution >= 0.6 is 0 Å². The maximum Gasteiger partial charge on any atom is 0.147 e. The Kier molecular flexibility index (Phi) is 6.13. The number of carbonyl (C=O) groups is 1.